The normalized spacial score (nSPS) is 22.1. The Balaban J connectivity index is 0.000000150. The molecule has 0 saturated carbocycles. The SMILES string of the molecule is CC(C)(C)OC(=O)N1CCC(=O)CC1.CC(C)(C)OC(=O)N1CCC2(CC1)NCC(=O)N2.O=C1CN(Cc2ccccc2)C2(CCNCC2)N1.O=C1CN(Cc2ccccc2)C2(CCNCC2)N1. The van der Waals surface area contributed by atoms with Gasteiger partial charge in [-0.25, -0.2) is 9.59 Å². The van der Waals surface area contributed by atoms with Crippen molar-refractivity contribution in [3.8, 4) is 0 Å². The number of hydrogen-bond donors (Lipinski definition) is 6. The highest BCUT2D eigenvalue weighted by molar-refractivity contribution is 5.83. The van der Waals surface area contributed by atoms with Crippen LogP contribution in [0.25, 0.3) is 0 Å². The molecule has 5 amide bonds. The molecule has 2 aromatic carbocycles. The van der Waals surface area contributed by atoms with Crippen LogP contribution in [0, 0.1) is 0 Å². The highest BCUT2D eigenvalue weighted by atomic mass is 16.6. The number of amides is 5. The number of nitrogens with one attached hydrogen (secondary N) is 6. The van der Waals surface area contributed by atoms with Crippen molar-refractivity contribution < 1.29 is 38.2 Å². The fourth-order valence-corrected chi connectivity index (χ4v) is 9.56. The first-order valence-corrected chi connectivity index (χ1v) is 24.4. The number of nitrogens with zero attached hydrogens (tertiary/aromatic N) is 4. The smallest absolute Gasteiger partial charge is 0.410 e. The van der Waals surface area contributed by atoms with E-state index in [1.165, 1.54) is 11.1 Å². The Morgan fingerprint density at radius 2 is 0.941 bits per heavy atom. The number of carbonyl (C=O) groups is 6. The third kappa shape index (κ3) is 15.2. The summed E-state index contributed by atoms with van der Waals surface area (Å²) in [7, 11) is 0. The van der Waals surface area contributed by atoms with Gasteiger partial charge in [0.15, 0.2) is 0 Å². The lowest BCUT2D eigenvalue weighted by Gasteiger charge is -2.41. The number of piperidine rings is 4. The molecular formula is C50H76N10O8. The number of ketones is 1. The fraction of sp³-hybridized carbons (Fsp3) is 0.640. The van der Waals surface area contributed by atoms with Gasteiger partial charge >= 0.3 is 12.2 Å². The topological polar surface area (TPSA) is 206 Å². The monoisotopic (exact) mass is 945 g/mol. The lowest BCUT2D eigenvalue weighted by molar-refractivity contribution is -0.121. The molecule has 0 bridgehead atoms. The second-order valence-corrected chi connectivity index (χ2v) is 20.8. The van der Waals surface area contributed by atoms with Crippen LogP contribution in [0.3, 0.4) is 0 Å². The molecule has 2 aromatic rings. The molecule has 9 rings (SSSR count). The molecule has 7 heterocycles. The van der Waals surface area contributed by atoms with Crippen molar-refractivity contribution in [1.82, 2.24) is 51.5 Å². The summed E-state index contributed by atoms with van der Waals surface area (Å²) in [5.41, 5.74) is 1.08. The number of rotatable bonds is 4. The minimum Gasteiger partial charge on any atom is -0.444 e. The van der Waals surface area contributed by atoms with Gasteiger partial charge in [0, 0.05) is 65.0 Å². The van der Waals surface area contributed by atoms with Gasteiger partial charge in [-0.2, -0.15) is 0 Å². The van der Waals surface area contributed by atoms with Crippen LogP contribution in [0.1, 0.15) is 104 Å². The number of ether oxygens (including phenoxy) is 2. The van der Waals surface area contributed by atoms with E-state index in [0.717, 1.165) is 77.8 Å². The van der Waals surface area contributed by atoms with Crippen molar-refractivity contribution in [3.05, 3.63) is 71.8 Å². The Morgan fingerprint density at radius 3 is 1.31 bits per heavy atom. The van der Waals surface area contributed by atoms with Gasteiger partial charge in [-0.1, -0.05) is 60.7 Å². The summed E-state index contributed by atoms with van der Waals surface area (Å²) in [6, 6.07) is 20.7. The molecule has 7 fully saturated rings. The molecule has 0 unspecified atom stereocenters. The van der Waals surface area contributed by atoms with Gasteiger partial charge in [-0.05, 0) is 105 Å². The first-order valence-electron chi connectivity index (χ1n) is 24.4. The highest BCUT2D eigenvalue weighted by Crippen LogP contribution is 2.30. The Bertz CT molecular complexity index is 1930. The molecule has 0 radical (unpaired) electrons. The van der Waals surface area contributed by atoms with Crippen LogP contribution in [0.5, 0.6) is 0 Å². The molecule has 3 spiro atoms. The Kier molecular flexibility index (Phi) is 17.7. The summed E-state index contributed by atoms with van der Waals surface area (Å²) in [6.07, 6.45) is 5.73. The number of benzene rings is 2. The standard InChI is InChI=1S/2C14H19N3O.C12H21N3O3.C10H17NO3/c2*18-13-11-17(10-12-4-2-1-3-5-12)14(16-13)6-8-15-9-7-14;1-11(2,3)18-10(17)15-6-4-12(5-7-15)13-8-9(16)14-12;1-10(2,3)14-9(13)11-6-4-8(12)5-7-11/h2*1-5,15H,6-11H2,(H,16,18);13H,4-8H2,1-3H3,(H,14,16);4-7H2,1-3H3. The zero-order valence-corrected chi connectivity index (χ0v) is 41.2. The number of carbonyl (C=O) groups excluding carboxylic acids is 6. The van der Waals surface area contributed by atoms with Crippen LogP contribution in [0.2, 0.25) is 0 Å². The van der Waals surface area contributed by atoms with Gasteiger partial charge in [-0.15, -0.1) is 0 Å². The maximum atomic E-state index is 11.9. The third-order valence-electron chi connectivity index (χ3n) is 13.1. The van der Waals surface area contributed by atoms with E-state index < -0.39 is 11.2 Å². The first kappa shape index (κ1) is 52.2. The molecule has 7 saturated heterocycles. The molecular weight excluding hydrogens is 869 g/mol. The summed E-state index contributed by atoms with van der Waals surface area (Å²) in [5, 5.41) is 19.2. The Labute approximate surface area is 402 Å². The largest absolute Gasteiger partial charge is 0.444 e. The minimum atomic E-state index is -0.466. The van der Waals surface area contributed by atoms with E-state index in [1.807, 2.05) is 53.7 Å². The van der Waals surface area contributed by atoms with Gasteiger partial charge in [0.2, 0.25) is 17.7 Å². The molecule has 7 aliphatic heterocycles. The highest BCUT2D eigenvalue weighted by Gasteiger charge is 2.46. The van der Waals surface area contributed by atoms with Gasteiger partial charge in [0.25, 0.3) is 0 Å². The third-order valence-corrected chi connectivity index (χ3v) is 13.1. The zero-order valence-electron chi connectivity index (χ0n) is 41.2. The minimum absolute atomic E-state index is 0.0284. The van der Waals surface area contributed by atoms with Gasteiger partial charge in [-0.3, -0.25) is 34.3 Å². The quantitative estimate of drug-likeness (QED) is 0.261. The molecule has 0 aromatic heterocycles. The maximum Gasteiger partial charge on any atom is 0.410 e. The summed E-state index contributed by atoms with van der Waals surface area (Å²) in [4.78, 5) is 76.9. The van der Waals surface area contributed by atoms with Crippen molar-refractivity contribution in [2.45, 2.75) is 134 Å². The summed E-state index contributed by atoms with van der Waals surface area (Å²) < 4.78 is 10.5. The molecule has 18 heteroatoms. The molecule has 0 atom stereocenters. The van der Waals surface area contributed by atoms with E-state index in [4.69, 9.17) is 9.47 Å². The lowest BCUT2D eigenvalue weighted by Crippen LogP contribution is -2.58. The van der Waals surface area contributed by atoms with E-state index in [-0.39, 0.29) is 52.7 Å². The van der Waals surface area contributed by atoms with E-state index in [1.54, 1.807) is 9.80 Å². The molecule has 7 aliphatic rings. The lowest BCUT2D eigenvalue weighted by atomic mass is 9.97. The predicted molar refractivity (Wildman–Crippen MR) is 258 cm³/mol. The van der Waals surface area contributed by atoms with Crippen molar-refractivity contribution in [2.75, 3.05) is 72.0 Å². The van der Waals surface area contributed by atoms with Gasteiger partial charge < -0.3 is 45.9 Å². The molecule has 18 nitrogen and oxygen atoms in total. The van der Waals surface area contributed by atoms with E-state index in [2.05, 4.69) is 90.2 Å². The van der Waals surface area contributed by atoms with Gasteiger partial charge in [0.05, 0.1) is 36.6 Å². The molecule has 68 heavy (non-hydrogen) atoms. The summed E-state index contributed by atoms with van der Waals surface area (Å²) in [6.45, 7) is 20.3. The first-order chi connectivity index (χ1) is 32.2. The van der Waals surface area contributed by atoms with Crippen LogP contribution < -0.4 is 31.9 Å². The maximum absolute atomic E-state index is 11.9. The van der Waals surface area contributed by atoms with E-state index >= 15 is 0 Å². The Morgan fingerprint density at radius 1 is 0.544 bits per heavy atom. The van der Waals surface area contributed by atoms with Crippen molar-refractivity contribution in [3.63, 3.8) is 0 Å². The van der Waals surface area contributed by atoms with Gasteiger partial charge in [0.1, 0.15) is 17.0 Å². The van der Waals surface area contributed by atoms with Crippen LogP contribution in [0.15, 0.2) is 60.7 Å². The average molecular weight is 945 g/mol. The molecule has 6 N–H and O–H groups in total. The van der Waals surface area contributed by atoms with Crippen molar-refractivity contribution in [1.29, 1.82) is 0 Å². The average Bonchev–Trinajstić information content (AvgIpc) is 3.91. The van der Waals surface area contributed by atoms with Crippen LogP contribution in [-0.2, 0) is 41.7 Å². The fourth-order valence-electron chi connectivity index (χ4n) is 9.56. The van der Waals surface area contributed by atoms with Crippen molar-refractivity contribution in [2.24, 2.45) is 0 Å². The van der Waals surface area contributed by atoms with E-state index in [0.29, 0.717) is 58.7 Å². The number of Topliss-reactive ketones (excluding diaryl/α,β-unsaturated/α-hetero) is 1. The number of likely N-dealkylation sites (tertiary alicyclic amines) is 2. The summed E-state index contributed by atoms with van der Waals surface area (Å²) >= 11 is 0. The second-order valence-electron chi connectivity index (χ2n) is 20.8. The van der Waals surface area contributed by atoms with E-state index in [9.17, 15) is 28.8 Å². The van der Waals surface area contributed by atoms with Crippen LogP contribution in [0.4, 0.5) is 9.59 Å². The van der Waals surface area contributed by atoms with Crippen molar-refractivity contribution >= 4 is 35.7 Å². The second kappa shape index (κ2) is 23.0. The zero-order chi connectivity index (χ0) is 49.0. The predicted octanol–water partition coefficient (Wildman–Crippen LogP) is 3.42. The number of hydrogen-bond acceptors (Lipinski definition) is 13. The summed E-state index contributed by atoms with van der Waals surface area (Å²) in [5.74, 6) is 0.575. The molecule has 0 aliphatic carbocycles. The van der Waals surface area contributed by atoms with Crippen LogP contribution in [-0.4, -0.2) is 155 Å². The Hall–Kier alpha value is -5.14. The molecule has 374 valence electrons. The van der Waals surface area contributed by atoms with Crippen LogP contribution >= 0.6 is 0 Å².